The molecule has 0 aliphatic heterocycles. The molecule has 21 heteroatoms. The van der Waals surface area contributed by atoms with Gasteiger partial charge in [0, 0.05) is 29.7 Å². The van der Waals surface area contributed by atoms with Crippen LogP contribution in [0.4, 0.5) is 4.79 Å². The number of amides is 1. The largest absolute Gasteiger partial charge is 0.497 e. The Balaban J connectivity index is 1.67. The van der Waals surface area contributed by atoms with Crippen molar-refractivity contribution < 1.29 is 45.4 Å². The molecule has 0 saturated heterocycles. The van der Waals surface area contributed by atoms with Crippen molar-refractivity contribution in [2.45, 2.75) is 74.4 Å². The second-order valence-electron chi connectivity index (χ2n) is 15.7. The number of halogens is 1. The highest BCUT2D eigenvalue weighted by Crippen LogP contribution is 2.39. The third-order valence-corrected chi connectivity index (χ3v) is 19.3. The van der Waals surface area contributed by atoms with E-state index >= 15 is 8.42 Å². The zero-order chi connectivity index (χ0) is 45.5. The number of carboxylic acid groups (broad SMARTS) is 1. The van der Waals surface area contributed by atoms with E-state index in [9.17, 15) is 18.3 Å². The highest BCUT2D eigenvalue weighted by Gasteiger charge is 2.41. The Morgan fingerprint density at radius 2 is 1.31 bits per heavy atom. The molecule has 0 bridgehead atoms. The van der Waals surface area contributed by atoms with Crippen molar-refractivity contribution in [2.75, 3.05) is 34.4 Å². The van der Waals surface area contributed by atoms with Crippen LogP contribution in [0.15, 0.2) is 94.7 Å². The summed E-state index contributed by atoms with van der Waals surface area (Å²) in [5.41, 5.74) is 1.91. The summed E-state index contributed by atoms with van der Waals surface area (Å²) in [6.07, 6.45) is -2.25. The van der Waals surface area contributed by atoms with E-state index in [0.717, 1.165) is 5.56 Å². The minimum atomic E-state index is -4.81. The third kappa shape index (κ3) is 12.1. The minimum Gasteiger partial charge on any atom is -0.497 e. The number of rotatable bonds is 20. The molecule has 0 radical (unpaired) electrons. The van der Waals surface area contributed by atoms with Gasteiger partial charge in [-0.15, -0.1) is 10.2 Å². The smallest absolute Gasteiger partial charge is 0.404 e. The SMILES string of the molecule is COc1ccc(CN(Cc2ccc(OC)cc2)S(=O)(=O)c2c(S(=O)(=O)NC[C@@H](CNC(=O)O)O[Si](C)(C)C(C)(C)C)ccc(I)c2-c2nnn(Cc3ccc(OC)cc3)n2)cc1. The summed E-state index contributed by atoms with van der Waals surface area (Å²) in [5.74, 6) is 1.66. The maximum absolute atomic E-state index is 15.6. The summed E-state index contributed by atoms with van der Waals surface area (Å²) in [5, 5.41) is 24.5. The van der Waals surface area contributed by atoms with Crippen molar-refractivity contribution in [3.63, 3.8) is 0 Å². The molecule has 0 aliphatic carbocycles. The second kappa shape index (κ2) is 20.2. The number of hydrogen-bond donors (Lipinski definition) is 3. The monoisotopic (exact) mass is 1020 g/mol. The van der Waals surface area contributed by atoms with E-state index in [1.54, 1.807) is 67.8 Å². The van der Waals surface area contributed by atoms with Gasteiger partial charge in [0.15, 0.2) is 8.32 Å². The Hall–Kier alpha value is -4.65. The van der Waals surface area contributed by atoms with Crippen molar-refractivity contribution >= 4 is 57.0 Å². The summed E-state index contributed by atoms with van der Waals surface area (Å²) in [6, 6.07) is 23.6. The number of hydrogen-bond acceptors (Lipinski definition) is 12. The van der Waals surface area contributed by atoms with Gasteiger partial charge in [-0.3, -0.25) is 0 Å². The molecular formula is C41H52IN7O10S2Si. The molecular weight excluding hydrogens is 970 g/mol. The van der Waals surface area contributed by atoms with Gasteiger partial charge in [0.05, 0.1) is 39.5 Å². The normalized spacial score (nSPS) is 12.9. The Labute approximate surface area is 377 Å². The van der Waals surface area contributed by atoms with Gasteiger partial charge in [0.2, 0.25) is 25.9 Å². The number of carbonyl (C=O) groups is 1. The third-order valence-electron chi connectivity index (χ3n) is 10.4. The zero-order valence-corrected chi connectivity index (χ0v) is 40.5. The number of ether oxygens (including phenoxy) is 3. The van der Waals surface area contributed by atoms with E-state index in [4.69, 9.17) is 18.6 Å². The predicted octanol–water partition coefficient (Wildman–Crippen LogP) is 6.35. The summed E-state index contributed by atoms with van der Waals surface area (Å²) in [7, 11) is -7.49. The van der Waals surface area contributed by atoms with Crippen molar-refractivity contribution in [3.05, 3.63) is 105 Å². The number of aromatic nitrogens is 4. The lowest BCUT2D eigenvalue weighted by Crippen LogP contribution is -2.50. The predicted molar refractivity (Wildman–Crippen MR) is 244 cm³/mol. The number of nitrogens with zero attached hydrogens (tertiary/aromatic N) is 5. The number of methoxy groups -OCH3 is 3. The number of tetrazole rings is 1. The molecule has 0 unspecified atom stereocenters. The number of benzene rings is 4. The fraction of sp³-hybridized carbons (Fsp3) is 0.366. The highest BCUT2D eigenvalue weighted by molar-refractivity contribution is 14.1. The molecule has 1 atom stereocenters. The first-order chi connectivity index (χ1) is 29.2. The van der Waals surface area contributed by atoms with Crippen LogP contribution in [0.1, 0.15) is 37.5 Å². The summed E-state index contributed by atoms with van der Waals surface area (Å²) >= 11 is 1.94. The van der Waals surface area contributed by atoms with Crippen LogP contribution in [0.3, 0.4) is 0 Å². The van der Waals surface area contributed by atoms with Crippen LogP contribution >= 0.6 is 22.6 Å². The van der Waals surface area contributed by atoms with Gasteiger partial charge >= 0.3 is 6.09 Å². The molecule has 4 aromatic carbocycles. The lowest BCUT2D eigenvalue weighted by molar-refractivity contribution is 0.163. The van der Waals surface area contributed by atoms with Crippen LogP contribution in [0.2, 0.25) is 18.1 Å². The molecule has 0 aliphatic rings. The molecule has 334 valence electrons. The zero-order valence-electron chi connectivity index (χ0n) is 35.7. The van der Waals surface area contributed by atoms with Gasteiger partial charge in [-0.05, 0) is 111 Å². The van der Waals surface area contributed by atoms with Crippen LogP contribution in [-0.4, -0.2) is 101 Å². The fourth-order valence-corrected chi connectivity index (χ4v) is 11.7. The minimum absolute atomic E-state index is 0.0782. The quantitative estimate of drug-likeness (QED) is 0.0574. The lowest BCUT2D eigenvalue weighted by atomic mass is 10.2. The van der Waals surface area contributed by atoms with E-state index in [2.05, 4.69) is 25.4 Å². The van der Waals surface area contributed by atoms with Gasteiger partial charge in [-0.1, -0.05) is 57.2 Å². The maximum Gasteiger partial charge on any atom is 0.404 e. The van der Waals surface area contributed by atoms with Crippen molar-refractivity contribution in [3.8, 4) is 28.6 Å². The average molecular weight is 1020 g/mol. The first kappa shape index (κ1) is 48.4. The number of nitrogens with one attached hydrogen (secondary N) is 2. The average Bonchev–Trinajstić information content (AvgIpc) is 3.69. The van der Waals surface area contributed by atoms with E-state index in [0.29, 0.717) is 31.9 Å². The molecule has 3 N–H and O–H groups in total. The van der Waals surface area contributed by atoms with Crippen LogP contribution in [0, 0.1) is 3.57 Å². The van der Waals surface area contributed by atoms with Crippen molar-refractivity contribution in [1.82, 2.24) is 34.6 Å². The van der Waals surface area contributed by atoms with Crippen molar-refractivity contribution in [1.29, 1.82) is 0 Å². The van der Waals surface area contributed by atoms with Gasteiger partial charge in [0.1, 0.15) is 27.0 Å². The van der Waals surface area contributed by atoms with Crippen molar-refractivity contribution in [2.24, 2.45) is 0 Å². The molecule has 1 heterocycles. The van der Waals surface area contributed by atoms with Gasteiger partial charge < -0.3 is 29.1 Å². The van der Waals surface area contributed by atoms with Crippen LogP contribution < -0.4 is 24.2 Å². The van der Waals surface area contributed by atoms with Gasteiger partial charge in [0.25, 0.3) is 0 Å². The summed E-state index contributed by atoms with van der Waals surface area (Å²) in [6.45, 7) is 9.13. The van der Waals surface area contributed by atoms with Crippen LogP contribution in [0.25, 0.3) is 11.4 Å². The molecule has 5 rings (SSSR count). The van der Waals surface area contributed by atoms with E-state index < -0.39 is 50.4 Å². The number of sulfonamides is 2. The van der Waals surface area contributed by atoms with Crippen LogP contribution in [-0.2, 0) is 44.1 Å². The van der Waals surface area contributed by atoms with E-state index in [1.807, 2.05) is 68.6 Å². The molecule has 5 aromatic rings. The first-order valence-electron chi connectivity index (χ1n) is 19.3. The van der Waals surface area contributed by atoms with E-state index in [1.165, 1.54) is 35.5 Å². The molecule has 0 spiro atoms. The molecule has 1 aromatic heterocycles. The van der Waals surface area contributed by atoms with E-state index in [-0.39, 0.29) is 49.1 Å². The van der Waals surface area contributed by atoms with Gasteiger partial charge in [-0.25, -0.2) is 26.4 Å². The highest BCUT2D eigenvalue weighted by atomic mass is 127. The van der Waals surface area contributed by atoms with Crippen LogP contribution in [0.5, 0.6) is 17.2 Å². The topological polar surface area (TPSA) is 213 Å². The lowest BCUT2D eigenvalue weighted by Gasteiger charge is -2.39. The summed E-state index contributed by atoms with van der Waals surface area (Å²) < 4.78 is 87.0. The maximum atomic E-state index is 15.6. The molecule has 17 nitrogen and oxygen atoms in total. The molecule has 0 saturated carbocycles. The Kier molecular flexibility index (Phi) is 15.8. The Bertz CT molecular complexity index is 2490. The molecule has 62 heavy (non-hydrogen) atoms. The summed E-state index contributed by atoms with van der Waals surface area (Å²) in [4.78, 5) is 11.7. The Morgan fingerprint density at radius 1 is 0.806 bits per heavy atom. The molecule has 1 amide bonds. The standard InChI is InChI=1S/C41H52IN7O10S2Si/c1-41(2,3)62(7,8)59-34(23-43-40(50)51)24-44-60(52,53)36-22-21-35(42)37(39-45-47-49(46-39)27-30-13-19-33(58-6)20-14-30)38(36)61(54,55)48(25-28-9-15-31(56-4)16-10-28)26-29-11-17-32(57-5)18-12-29/h9-22,34,43-44H,23-27H2,1-8H3,(H,50,51)/t34-/m1/s1. The first-order valence-corrected chi connectivity index (χ1v) is 26.2. The Morgan fingerprint density at radius 3 is 1.77 bits per heavy atom. The van der Waals surface area contributed by atoms with Gasteiger partial charge in [-0.2, -0.15) is 9.10 Å². The molecule has 0 fully saturated rings. The fourth-order valence-electron chi connectivity index (χ4n) is 5.97. The second-order valence-corrected chi connectivity index (χ2v) is 25.3.